The monoisotopic (exact) mass is 360 g/mol. The first-order chi connectivity index (χ1) is 13.3. The van der Waals surface area contributed by atoms with E-state index in [2.05, 4.69) is 39.4 Å². The van der Waals surface area contributed by atoms with E-state index in [-0.39, 0.29) is 0 Å². The molecular formula is C21H24N6. The summed E-state index contributed by atoms with van der Waals surface area (Å²) in [6, 6.07) is 6.70. The Labute approximate surface area is 158 Å². The summed E-state index contributed by atoms with van der Waals surface area (Å²) < 4.78 is 1.87. The summed E-state index contributed by atoms with van der Waals surface area (Å²) in [7, 11) is 0. The molecule has 6 heteroatoms. The minimum atomic E-state index is 0.490. The third-order valence-corrected chi connectivity index (χ3v) is 5.90. The van der Waals surface area contributed by atoms with Crippen LogP contribution in [0.4, 0.5) is 5.95 Å². The molecule has 1 fully saturated rings. The van der Waals surface area contributed by atoms with Crippen molar-refractivity contribution in [1.29, 1.82) is 0 Å². The highest BCUT2D eigenvalue weighted by Crippen LogP contribution is 2.30. The van der Waals surface area contributed by atoms with Crippen LogP contribution in [0.3, 0.4) is 0 Å². The van der Waals surface area contributed by atoms with Gasteiger partial charge in [0.1, 0.15) is 5.65 Å². The molecule has 0 spiro atoms. The Kier molecular flexibility index (Phi) is 4.03. The zero-order valence-corrected chi connectivity index (χ0v) is 15.5. The summed E-state index contributed by atoms with van der Waals surface area (Å²) in [5, 5.41) is 8.83. The van der Waals surface area contributed by atoms with Gasteiger partial charge in [-0.3, -0.25) is 0 Å². The molecule has 0 radical (unpaired) electrons. The number of hydrogen-bond donors (Lipinski definition) is 2. The average Bonchev–Trinajstić information content (AvgIpc) is 3.34. The standard InChI is InChI=1S/C21H24N6/c1-2-14-3-5-16(6-4-14)25-21-23-13-19-18(12-22-20(19)26-21)15-8-10-27-17(11-15)7-9-24-27/h7-14,16H,2-6H2,1H3,(H2,22,23,25,26). The maximum atomic E-state index is 4.71. The quantitative estimate of drug-likeness (QED) is 0.555. The van der Waals surface area contributed by atoms with Crippen molar-refractivity contribution in [3.05, 3.63) is 43.0 Å². The van der Waals surface area contributed by atoms with E-state index in [4.69, 9.17) is 4.98 Å². The number of fused-ring (bicyclic) bond motifs is 2. The molecule has 0 unspecified atom stereocenters. The lowest BCUT2D eigenvalue weighted by molar-refractivity contribution is 0.329. The molecule has 0 bridgehead atoms. The number of aromatic nitrogens is 5. The van der Waals surface area contributed by atoms with Crippen molar-refractivity contribution < 1.29 is 0 Å². The van der Waals surface area contributed by atoms with Crippen LogP contribution in [0.15, 0.2) is 43.0 Å². The molecule has 0 aromatic carbocycles. The predicted molar refractivity (Wildman–Crippen MR) is 108 cm³/mol. The molecule has 4 heterocycles. The number of rotatable bonds is 4. The zero-order chi connectivity index (χ0) is 18.2. The summed E-state index contributed by atoms with van der Waals surface area (Å²) >= 11 is 0. The summed E-state index contributed by atoms with van der Waals surface area (Å²) in [6.45, 7) is 2.29. The van der Waals surface area contributed by atoms with Gasteiger partial charge in [-0.2, -0.15) is 10.1 Å². The highest BCUT2D eigenvalue weighted by atomic mass is 15.2. The molecule has 0 aliphatic heterocycles. The fourth-order valence-electron chi connectivity index (χ4n) is 4.20. The van der Waals surface area contributed by atoms with E-state index in [0.29, 0.717) is 6.04 Å². The molecule has 1 saturated carbocycles. The Bertz CT molecular complexity index is 1070. The van der Waals surface area contributed by atoms with Gasteiger partial charge < -0.3 is 10.3 Å². The van der Waals surface area contributed by atoms with E-state index < -0.39 is 0 Å². The Hall–Kier alpha value is -2.89. The summed E-state index contributed by atoms with van der Waals surface area (Å²) in [6.07, 6.45) is 14.1. The molecule has 5 rings (SSSR count). The largest absolute Gasteiger partial charge is 0.351 e. The molecule has 1 aliphatic rings. The van der Waals surface area contributed by atoms with Crippen molar-refractivity contribution in [2.75, 3.05) is 5.32 Å². The van der Waals surface area contributed by atoms with Gasteiger partial charge in [0.15, 0.2) is 0 Å². The number of nitrogens with one attached hydrogen (secondary N) is 2. The number of anilines is 1. The zero-order valence-electron chi connectivity index (χ0n) is 15.5. The number of hydrogen-bond acceptors (Lipinski definition) is 4. The molecule has 1 aliphatic carbocycles. The number of pyridine rings is 1. The van der Waals surface area contributed by atoms with Crippen LogP contribution in [0.25, 0.3) is 27.7 Å². The Balaban J connectivity index is 1.39. The Morgan fingerprint density at radius 3 is 2.96 bits per heavy atom. The third kappa shape index (κ3) is 3.05. The van der Waals surface area contributed by atoms with Crippen LogP contribution in [-0.4, -0.2) is 30.6 Å². The molecule has 0 amide bonds. The van der Waals surface area contributed by atoms with E-state index in [9.17, 15) is 0 Å². The first-order valence-electron chi connectivity index (χ1n) is 9.84. The van der Waals surface area contributed by atoms with Crippen LogP contribution in [0.5, 0.6) is 0 Å². The fraction of sp³-hybridized carbons (Fsp3) is 0.381. The van der Waals surface area contributed by atoms with Gasteiger partial charge in [-0.1, -0.05) is 13.3 Å². The van der Waals surface area contributed by atoms with Crippen molar-refractivity contribution in [1.82, 2.24) is 24.6 Å². The highest BCUT2D eigenvalue weighted by molar-refractivity contribution is 5.94. The van der Waals surface area contributed by atoms with Crippen LogP contribution < -0.4 is 5.32 Å². The normalized spacial score (nSPS) is 20.3. The smallest absolute Gasteiger partial charge is 0.224 e. The lowest BCUT2D eigenvalue weighted by Gasteiger charge is -2.28. The first kappa shape index (κ1) is 16.3. The van der Waals surface area contributed by atoms with Crippen LogP contribution in [0, 0.1) is 5.92 Å². The summed E-state index contributed by atoms with van der Waals surface area (Å²) in [4.78, 5) is 12.6. The van der Waals surface area contributed by atoms with Crippen molar-refractivity contribution >= 4 is 22.5 Å². The SMILES string of the molecule is CCC1CCC(Nc2ncc3c(-c4ccn5nccc5c4)c[nH]c3n2)CC1. The lowest BCUT2D eigenvalue weighted by atomic mass is 9.85. The molecule has 0 saturated heterocycles. The Morgan fingerprint density at radius 2 is 2.11 bits per heavy atom. The van der Waals surface area contributed by atoms with Crippen LogP contribution in [0.2, 0.25) is 0 Å². The van der Waals surface area contributed by atoms with Crippen LogP contribution in [-0.2, 0) is 0 Å². The highest BCUT2D eigenvalue weighted by Gasteiger charge is 2.20. The predicted octanol–water partition coefficient (Wildman–Crippen LogP) is 4.65. The Morgan fingerprint density at radius 1 is 1.22 bits per heavy atom. The molecule has 4 aromatic heterocycles. The maximum absolute atomic E-state index is 4.71. The van der Waals surface area contributed by atoms with Gasteiger partial charge in [0, 0.05) is 41.8 Å². The number of nitrogens with zero attached hydrogens (tertiary/aromatic N) is 4. The molecule has 4 aromatic rings. The van der Waals surface area contributed by atoms with Gasteiger partial charge in [-0.15, -0.1) is 0 Å². The number of H-pyrrole nitrogens is 1. The van der Waals surface area contributed by atoms with E-state index in [1.165, 1.54) is 32.1 Å². The first-order valence-corrected chi connectivity index (χ1v) is 9.84. The van der Waals surface area contributed by atoms with Crippen LogP contribution in [0.1, 0.15) is 39.0 Å². The summed E-state index contributed by atoms with van der Waals surface area (Å²) in [5.74, 6) is 1.62. The second-order valence-corrected chi connectivity index (χ2v) is 7.54. The summed E-state index contributed by atoms with van der Waals surface area (Å²) in [5.41, 5.74) is 4.20. The average molecular weight is 360 g/mol. The minimum absolute atomic E-state index is 0.490. The molecule has 138 valence electrons. The lowest BCUT2D eigenvalue weighted by Crippen LogP contribution is -2.26. The topological polar surface area (TPSA) is 70.9 Å². The second kappa shape index (κ2) is 6.68. The molecule has 6 nitrogen and oxygen atoms in total. The molecule has 0 atom stereocenters. The van der Waals surface area contributed by atoms with Gasteiger partial charge in [0.25, 0.3) is 0 Å². The molecule has 2 N–H and O–H groups in total. The van der Waals surface area contributed by atoms with E-state index >= 15 is 0 Å². The fourth-order valence-corrected chi connectivity index (χ4v) is 4.20. The van der Waals surface area contributed by atoms with Gasteiger partial charge in [-0.05, 0) is 55.4 Å². The molecule has 27 heavy (non-hydrogen) atoms. The second-order valence-electron chi connectivity index (χ2n) is 7.54. The minimum Gasteiger partial charge on any atom is -0.351 e. The van der Waals surface area contributed by atoms with Gasteiger partial charge in [0.2, 0.25) is 5.95 Å². The van der Waals surface area contributed by atoms with Gasteiger partial charge >= 0.3 is 0 Å². The van der Waals surface area contributed by atoms with Gasteiger partial charge in [0.05, 0.1) is 5.52 Å². The number of aromatic amines is 1. The van der Waals surface area contributed by atoms with Crippen LogP contribution >= 0.6 is 0 Å². The maximum Gasteiger partial charge on any atom is 0.224 e. The van der Waals surface area contributed by atoms with Crippen molar-refractivity contribution in [3.63, 3.8) is 0 Å². The van der Waals surface area contributed by atoms with E-state index in [0.717, 1.165) is 39.5 Å². The van der Waals surface area contributed by atoms with Gasteiger partial charge in [-0.25, -0.2) is 9.50 Å². The molecular weight excluding hydrogens is 336 g/mol. The van der Waals surface area contributed by atoms with Crippen molar-refractivity contribution in [3.8, 4) is 11.1 Å². The third-order valence-electron chi connectivity index (χ3n) is 5.90. The van der Waals surface area contributed by atoms with Crippen molar-refractivity contribution in [2.45, 2.75) is 45.1 Å². The van der Waals surface area contributed by atoms with E-state index in [1.807, 2.05) is 35.4 Å². The van der Waals surface area contributed by atoms with Crippen molar-refractivity contribution in [2.24, 2.45) is 5.92 Å². The van der Waals surface area contributed by atoms with E-state index in [1.54, 1.807) is 0 Å².